The molecule has 0 saturated heterocycles. The maximum absolute atomic E-state index is 12.2. The summed E-state index contributed by atoms with van der Waals surface area (Å²) in [4.78, 5) is 12.2. The highest BCUT2D eigenvalue weighted by Crippen LogP contribution is 2.44. The first-order valence-electron chi connectivity index (χ1n) is 10.1. The van der Waals surface area contributed by atoms with E-state index in [9.17, 15) is 9.90 Å². The van der Waals surface area contributed by atoms with Crippen molar-refractivity contribution in [2.24, 2.45) is 0 Å². The molecule has 156 valence electrons. The average molecular weight is 413 g/mol. The van der Waals surface area contributed by atoms with Crippen molar-refractivity contribution in [3.63, 3.8) is 0 Å². The van der Waals surface area contributed by atoms with Crippen LogP contribution in [0.25, 0.3) is 11.1 Å². The number of fused-ring (bicyclic) bond motifs is 3. The molecule has 1 amide bonds. The molecule has 2 N–H and O–H groups in total. The summed E-state index contributed by atoms with van der Waals surface area (Å²) in [6, 6.07) is 21.3. The summed E-state index contributed by atoms with van der Waals surface area (Å²) < 4.78 is 10.6. The van der Waals surface area contributed by atoms with Crippen molar-refractivity contribution in [2.45, 2.75) is 12.3 Å². The van der Waals surface area contributed by atoms with Gasteiger partial charge in [-0.15, -0.1) is 0 Å². The van der Waals surface area contributed by atoms with Crippen molar-refractivity contribution < 1.29 is 19.4 Å². The first-order chi connectivity index (χ1) is 15.2. The van der Waals surface area contributed by atoms with Gasteiger partial charge in [0.1, 0.15) is 18.1 Å². The van der Waals surface area contributed by atoms with Gasteiger partial charge in [0.25, 0.3) is 0 Å². The van der Waals surface area contributed by atoms with E-state index in [4.69, 9.17) is 9.47 Å². The zero-order chi connectivity index (χ0) is 21.6. The molecule has 5 nitrogen and oxygen atoms in total. The van der Waals surface area contributed by atoms with Gasteiger partial charge in [0.05, 0.1) is 12.7 Å². The van der Waals surface area contributed by atoms with Crippen LogP contribution in [0.4, 0.5) is 4.79 Å². The first-order valence-corrected chi connectivity index (χ1v) is 10.1. The molecule has 0 heterocycles. The fourth-order valence-electron chi connectivity index (χ4n) is 3.78. The molecule has 3 aromatic carbocycles. The van der Waals surface area contributed by atoms with Gasteiger partial charge >= 0.3 is 6.09 Å². The van der Waals surface area contributed by atoms with E-state index < -0.39 is 6.09 Å². The molecule has 3 aromatic rings. The largest absolute Gasteiger partial charge is 0.507 e. The molecule has 0 fully saturated rings. The molecule has 0 unspecified atom stereocenters. The second-order valence-corrected chi connectivity index (χ2v) is 7.19. The predicted octanol–water partition coefficient (Wildman–Crippen LogP) is 4.68. The van der Waals surface area contributed by atoms with Crippen LogP contribution in [0.5, 0.6) is 11.5 Å². The van der Waals surface area contributed by atoms with E-state index in [1.165, 1.54) is 28.3 Å². The zero-order valence-electron chi connectivity index (χ0n) is 17.2. The van der Waals surface area contributed by atoms with Crippen molar-refractivity contribution in [3.8, 4) is 34.5 Å². The van der Waals surface area contributed by atoms with Crippen molar-refractivity contribution in [1.82, 2.24) is 5.32 Å². The topological polar surface area (TPSA) is 67.8 Å². The van der Waals surface area contributed by atoms with Gasteiger partial charge in [-0.25, -0.2) is 4.79 Å². The molecular formula is C26H23NO4. The number of hydrogen-bond acceptors (Lipinski definition) is 4. The van der Waals surface area contributed by atoms with Gasteiger partial charge in [-0.2, -0.15) is 0 Å². The van der Waals surface area contributed by atoms with Crippen LogP contribution < -0.4 is 10.1 Å². The number of rotatable bonds is 5. The maximum Gasteiger partial charge on any atom is 0.407 e. The minimum atomic E-state index is -0.465. The lowest BCUT2D eigenvalue weighted by Crippen LogP contribution is -2.26. The summed E-state index contributed by atoms with van der Waals surface area (Å²) in [5.74, 6) is 6.58. The molecule has 1 aliphatic rings. The van der Waals surface area contributed by atoms with Crippen molar-refractivity contribution in [1.29, 1.82) is 0 Å². The molecule has 31 heavy (non-hydrogen) atoms. The number of nitrogens with one attached hydrogen (secondary N) is 1. The minimum absolute atomic E-state index is 0.0361. The fourth-order valence-corrected chi connectivity index (χ4v) is 3.78. The zero-order valence-corrected chi connectivity index (χ0v) is 17.2. The van der Waals surface area contributed by atoms with E-state index in [1.807, 2.05) is 24.3 Å². The number of benzene rings is 3. The molecule has 0 saturated carbocycles. The number of amides is 1. The lowest BCUT2D eigenvalue weighted by Gasteiger charge is -2.14. The second kappa shape index (κ2) is 9.27. The van der Waals surface area contributed by atoms with Crippen LogP contribution >= 0.6 is 0 Å². The number of methoxy groups -OCH3 is 1. The Kier molecular flexibility index (Phi) is 6.09. The van der Waals surface area contributed by atoms with Crippen LogP contribution in [0, 0.1) is 11.8 Å². The normalized spacial score (nSPS) is 11.6. The molecule has 0 bridgehead atoms. The first kappa shape index (κ1) is 20.4. The lowest BCUT2D eigenvalue weighted by molar-refractivity contribution is 0.143. The third-order valence-corrected chi connectivity index (χ3v) is 5.29. The molecule has 4 rings (SSSR count). The summed E-state index contributed by atoms with van der Waals surface area (Å²) in [6.45, 7) is 0.637. The number of aromatic hydroxyl groups is 1. The lowest BCUT2D eigenvalue weighted by atomic mass is 9.98. The van der Waals surface area contributed by atoms with Gasteiger partial charge in [-0.1, -0.05) is 60.4 Å². The summed E-state index contributed by atoms with van der Waals surface area (Å²) in [5.41, 5.74) is 5.24. The molecule has 5 heteroatoms. The van der Waals surface area contributed by atoms with E-state index in [1.54, 1.807) is 19.2 Å². The number of phenolic OH excluding ortho intramolecular Hbond substituents is 1. The predicted molar refractivity (Wildman–Crippen MR) is 119 cm³/mol. The monoisotopic (exact) mass is 413 g/mol. The smallest absolute Gasteiger partial charge is 0.407 e. The SMILES string of the molecule is COc1ccc(O)c(C#CCCNC(=O)OCC2c3ccccc3-c3ccccc32)c1. The highest BCUT2D eigenvalue weighted by molar-refractivity contribution is 5.79. The van der Waals surface area contributed by atoms with E-state index in [0.717, 1.165) is 0 Å². The van der Waals surface area contributed by atoms with E-state index >= 15 is 0 Å². The molecule has 0 aliphatic heterocycles. The highest BCUT2D eigenvalue weighted by Gasteiger charge is 2.28. The van der Waals surface area contributed by atoms with Gasteiger partial charge < -0.3 is 19.9 Å². The van der Waals surface area contributed by atoms with Crippen LogP contribution in [-0.2, 0) is 4.74 Å². The Bertz CT molecular complexity index is 1110. The van der Waals surface area contributed by atoms with Gasteiger partial charge in [0.2, 0.25) is 0 Å². The summed E-state index contributed by atoms with van der Waals surface area (Å²) >= 11 is 0. The molecule has 0 spiro atoms. The third kappa shape index (κ3) is 4.49. The molecule has 0 atom stereocenters. The Hall–Kier alpha value is -3.91. The molecular weight excluding hydrogens is 390 g/mol. The Morgan fingerprint density at radius 3 is 2.39 bits per heavy atom. The van der Waals surface area contributed by atoms with Gasteiger partial charge in [0, 0.05) is 18.9 Å². The van der Waals surface area contributed by atoms with Crippen LogP contribution in [0.15, 0.2) is 66.7 Å². The summed E-state index contributed by atoms with van der Waals surface area (Å²) in [5, 5.41) is 12.6. The number of carbonyl (C=O) groups excluding carboxylic acids is 1. The van der Waals surface area contributed by atoms with Gasteiger partial charge in [-0.3, -0.25) is 0 Å². The molecule has 1 aliphatic carbocycles. The van der Waals surface area contributed by atoms with Gasteiger partial charge in [0.15, 0.2) is 0 Å². The van der Waals surface area contributed by atoms with Crippen LogP contribution in [0.1, 0.15) is 29.0 Å². The number of alkyl carbamates (subject to hydrolysis) is 1. The Morgan fingerprint density at radius 2 is 1.71 bits per heavy atom. The van der Waals surface area contributed by atoms with Gasteiger partial charge in [-0.05, 0) is 40.5 Å². The van der Waals surface area contributed by atoms with Crippen molar-refractivity contribution >= 4 is 6.09 Å². The van der Waals surface area contributed by atoms with E-state index in [-0.39, 0.29) is 18.3 Å². The summed E-state index contributed by atoms with van der Waals surface area (Å²) in [7, 11) is 1.56. The number of hydrogen-bond donors (Lipinski definition) is 2. The van der Waals surface area contributed by atoms with Crippen LogP contribution in [0.3, 0.4) is 0 Å². The number of phenols is 1. The third-order valence-electron chi connectivity index (χ3n) is 5.29. The van der Waals surface area contributed by atoms with Crippen LogP contribution in [0.2, 0.25) is 0 Å². The fraction of sp³-hybridized carbons (Fsp3) is 0.192. The molecule has 0 radical (unpaired) electrons. The number of carbonyl (C=O) groups is 1. The van der Waals surface area contributed by atoms with Crippen molar-refractivity contribution in [3.05, 3.63) is 83.4 Å². The Labute approximate surface area is 181 Å². The quantitative estimate of drug-likeness (QED) is 0.471. The summed E-state index contributed by atoms with van der Waals surface area (Å²) in [6.07, 6.45) is -0.0335. The van der Waals surface area contributed by atoms with Crippen molar-refractivity contribution in [2.75, 3.05) is 20.3 Å². The Morgan fingerprint density at radius 1 is 1.03 bits per heavy atom. The van der Waals surface area contributed by atoms with E-state index in [0.29, 0.717) is 24.3 Å². The molecule has 0 aromatic heterocycles. The average Bonchev–Trinajstić information content (AvgIpc) is 3.12. The minimum Gasteiger partial charge on any atom is -0.507 e. The Balaban J connectivity index is 1.29. The standard InChI is InChI=1S/C26H23NO4/c1-30-19-13-14-25(28)18(16-19)8-6-7-15-27-26(29)31-17-24-22-11-4-2-9-20(22)21-10-3-5-12-23(21)24/h2-5,9-14,16,24,28H,7,15,17H2,1H3,(H,27,29). The highest BCUT2D eigenvalue weighted by atomic mass is 16.5. The maximum atomic E-state index is 12.2. The van der Waals surface area contributed by atoms with E-state index in [2.05, 4.69) is 41.4 Å². The second-order valence-electron chi connectivity index (χ2n) is 7.19. The number of ether oxygens (including phenoxy) is 2. The van der Waals surface area contributed by atoms with Crippen LogP contribution in [-0.4, -0.2) is 31.5 Å².